The number of benzene rings is 1. The van der Waals surface area contributed by atoms with Crippen LogP contribution < -0.4 is 4.74 Å². The van der Waals surface area contributed by atoms with Crippen molar-refractivity contribution < 1.29 is 9.53 Å². The molecule has 0 bridgehead atoms. The Kier molecular flexibility index (Phi) is 7.39. The van der Waals surface area contributed by atoms with Gasteiger partial charge in [0, 0.05) is 19.2 Å². The Morgan fingerprint density at radius 1 is 1.14 bits per heavy atom. The van der Waals surface area contributed by atoms with Crippen molar-refractivity contribution in [2.24, 2.45) is 0 Å². The second kappa shape index (κ2) is 9.07. The molecule has 0 saturated heterocycles. The number of carbonyl (C=O) groups excluding carboxylic acids is 1. The second-order valence-corrected chi connectivity index (χ2v) is 4.88. The van der Waals surface area contributed by atoms with Gasteiger partial charge < -0.3 is 9.64 Å². The van der Waals surface area contributed by atoms with E-state index in [0.717, 1.165) is 0 Å². The molecule has 0 aliphatic carbocycles. The largest absolute Gasteiger partial charge is 0.484 e. The molecule has 1 amide bonds. The summed E-state index contributed by atoms with van der Waals surface area (Å²) in [5.74, 6) is 0.143. The molecule has 0 fully saturated rings. The van der Waals surface area contributed by atoms with Crippen LogP contribution in [0.3, 0.4) is 0 Å². The van der Waals surface area contributed by atoms with Gasteiger partial charge in [-0.3, -0.25) is 4.79 Å². The lowest BCUT2D eigenvalue weighted by molar-refractivity contribution is -0.133. The van der Waals surface area contributed by atoms with E-state index in [1.165, 1.54) is 11.0 Å². The SMILES string of the molecule is N#CCCN(CCC#N)C(=O)COc1ccc(Cl)c(Cl)c1. The molecule has 1 aromatic rings. The zero-order chi connectivity index (χ0) is 15.7. The molecule has 5 nitrogen and oxygen atoms in total. The Balaban J connectivity index is 2.57. The topological polar surface area (TPSA) is 77.1 Å². The van der Waals surface area contributed by atoms with Gasteiger partial charge >= 0.3 is 0 Å². The van der Waals surface area contributed by atoms with E-state index >= 15 is 0 Å². The van der Waals surface area contributed by atoms with Crippen molar-refractivity contribution >= 4 is 29.1 Å². The van der Waals surface area contributed by atoms with Crippen molar-refractivity contribution in [2.45, 2.75) is 12.8 Å². The van der Waals surface area contributed by atoms with Crippen LogP contribution in [0, 0.1) is 22.7 Å². The summed E-state index contributed by atoms with van der Waals surface area (Å²) >= 11 is 11.6. The number of nitriles is 2. The summed E-state index contributed by atoms with van der Waals surface area (Å²) in [6.45, 7) is 0.373. The van der Waals surface area contributed by atoms with E-state index in [2.05, 4.69) is 0 Å². The van der Waals surface area contributed by atoms with Gasteiger partial charge in [-0.25, -0.2) is 0 Å². The van der Waals surface area contributed by atoms with Crippen LogP contribution in [0.4, 0.5) is 0 Å². The number of rotatable bonds is 7. The summed E-state index contributed by atoms with van der Waals surface area (Å²) in [6, 6.07) is 8.64. The molecular formula is C14H13Cl2N3O2. The average molecular weight is 326 g/mol. The minimum absolute atomic E-state index is 0.186. The van der Waals surface area contributed by atoms with Gasteiger partial charge in [0.2, 0.25) is 0 Å². The monoisotopic (exact) mass is 325 g/mol. The molecule has 0 aliphatic heterocycles. The molecule has 1 rings (SSSR count). The van der Waals surface area contributed by atoms with Gasteiger partial charge in [0.15, 0.2) is 6.61 Å². The van der Waals surface area contributed by atoms with Crippen molar-refractivity contribution in [1.29, 1.82) is 10.5 Å². The van der Waals surface area contributed by atoms with Gasteiger partial charge in [0.1, 0.15) is 5.75 Å². The van der Waals surface area contributed by atoms with Gasteiger partial charge in [-0.2, -0.15) is 10.5 Å². The molecule has 0 atom stereocenters. The van der Waals surface area contributed by atoms with Crippen LogP contribution in [0.1, 0.15) is 12.8 Å². The van der Waals surface area contributed by atoms with Gasteiger partial charge in [-0.1, -0.05) is 23.2 Å². The molecule has 0 heterocycles. The zero-order valence-corrected chi connectivity index (χ0v) is 12.7. The number of amides is 1. The molecule has 1 aromatic carbocycles. The maximum atomic E-state index is 12.0. The molecule has 0 radical (unpaired) electrons. The maximum Gasteiger partial charge on any atom is 0.260 e. The fraction of sp³-hybridized carbons (Fsp3) is 0.357. The molecule has 0 spiro atoms. The van der Waals surface area contributed by atoms with Crippen LogP contribution in [0.5, 0.6) is 5.75 Å². The molecule has 0 unspecified atom stereocenters. The molecule has 110 valence electrons. The first-order chi connectivity index (χ1) is 10.1. The van der Waals surface area contributed by atoms with Crippen molar-refractivity contribution in [3.8, 4) is 17.9 Å². The Hall–Kier alpha value is -1.95. The number of carbonyl (C=O) groups is 1. The highest BCUT2D eigenvalue weighted by Crippen LogP contribution is 2.26. The third kappa shape index (κ3) is 5.91. The summed E-state index contributed by atoms with van der Waals surface area (Å²) in [5.41, 5.74) is 0. The Labute approximate surface area is 133 Å². The van der Waals surface area contributed by atoms with Crippen LogP contribution in [0.25, 0.3) is 0 Å². The standard InChI is InChI=1S/C14H13Cl2N3O2/c15-12-4-3-11(9-13(12)16)21-10-14(20)19(7-1-5-17)8-2-6-18/h3-4,9H,1-2,7-8,10H2. The van der Waals surface area contributed by atoms with Gasteiger partial charge in [0.05, 0.1) is 35.0 Å². The van der Waals surface area contributed by atoms with Crippen LogP contribution in [0.15, 0.2) is 18.2 Å². The Bertz CT molecular complexity index is 561. The van der Waals surface area contributed by atoms with Crippen LogP contribution in [0.2, 0.25) is 10.0 Å². The van der Waals surface area contributed by atoms with Crippen molar-refractivity contribution in [1.82, 2.24) is 4.90 Å². The average Bonchev–Trinajstić information content (AvgIpc) is 2.48. The molecule has 0 aromatic heterocycles. The molecule has 0 aliphatic rings. The van der Waals surface area contributed by atoms with Crippen molar-refractivity contribution in [3.63, 3.8) is 0 Å². The molecule has 21 heavy (non-hydrogen) atoms. The summed E-state index contributed by atoms with van der Waals surface area (Å²) in [4.78, 5) is 13.4. The van der Waals surface area contributed by atoms with E-state index in [9.17, 15) is 4.79 Å². The molecular weight excluding hydrogens is 313 g/mol. The minimum Gasteiger partial charge on any atom is -0.484 e. The summed E-state index contributed by atoms with van der Waals surface area (Å²) in [7, 11) is 0. The van der Waals surface area contributed by atoms with E-state index in [1.54, 1.807) is 12.1 Å². The second-order valence-electron chi connectivity index (χ2n) is 4.06. The number of hydrogen-bond acceptors (Lipinski definition) is 4. The zero-order valence-electron chi connectivity index (χ0n) is 11.2. The van der Waals surface area contributed by atoms with Crippen molar-refractivity contribution in [2.75, 3.05) is 19.7 Å². The van der Waals surface area contributed by atoms with Crippen LogP contribution >= 0.6 is 23.2 Å². The van der Waals surface area contributed by atoms with Gasteiger partial charge in [-0.05, 0) is 12.1 Å². The highest BCUT2D eigenvalue weighted by molar-refractivity contribution is 6.42. The smallest absolute Gasteiger partial charge is 0.260 e. The number of nitrogens with zero attached hydrogens (tertiary/aromatic N) is 3. The summed E-state index contributed by atoms with van der Waals surface area (Å²) < 4.78 is 5.34. The van der Waals surface area contributed by atoms with Crippen molar-refractivity contribution in [3.05, 3.63) is 28.2 Å². The molecule has 0 saturated carbocycles. The fourth-order valence-corrected chi connectivity index (χ4v) is 1.82. The highest BCUT2D eigenvalue weighted by atomic mass is 35.5. The summed E-state index contributed by atoms with van der Waals surface area (Å²) in [6.07, 6.45) is 0.424. The summed E-state index contributed by atoms with van der Waals surface area (Å²) in [5, 5.41) is 17.9. The van der Waals surface area contributed by atoms with Gasteiger partial charge in [-0.15, -0.1) is 0 Å². The van der Waals surface area contributed by atoms with E-state index in [1.807, 2.05) is 12.1 Å². The first kappa shape index (κ1) is 17.1. The van der Waals surface area contributed by atoms with E-state index < -0.39 is 0 Å². The lowest BCUT2D eigenvalue weighted by Crippen LogP contribution is -2.36. The number of halogens is 2. The predicted octanol–water partition coefficient (Wildman–Crippen LogP) is 3.03. The van der Waals surface area contributed by atoms with Crippen LogP contribution in [-0.2, 0) is 4.79 Å². The van der Waals surface area contributed by atoms with Crippen LogP contribution in [-0.4, -0.2) is 30.5 Å². The molecule has 7 heteroatoms. The van der Waals surface area contributed by atoms with Gasteiger partial charge in [0.25, 0.3) is 5.91 Å². The lowest BCUT2D eigenvalue weighted by atomic mass is 10.3. The predicted molar refractivity (Wildman–Crippen MR) is 79.0 cm³/mol. The first-order valence-corrected chi connectivity index (χ1v) is 6.93. The Morgan fingerprint density at radius 2 is 1.76 bits per heavy atom. The number of ether oxygens (including phenoxy) is 1. The quantitative estimate of drug-likeness (QED) is 0.772. The third-order valence-corrected chi connectivity index (χ3v) is 3.33. The Morgan fingerprint density at radius 3 is 2.29 bits per heavy atom. The minimum atomic E-state index is -0.286. The maximum absolute atomic E-state index is 12.0. The van der Waals surface area contributed by atoms with E-state index in [0.29, 0.717) is 15.8 Å². The van der Waals surface area contributed by atoms with E-state index in [4.69, 9.17) is 38.5 Å². The molecule has 0 N–H and O–H groups in total. The lowest BCUT2D eigenvalue weighted by Gasteiger charge is -2.20. The highest BCUT2D eigenvalue weighted by Gasteiger charge is 2.14. The number of hydrogen-bond donors (Lipinski definition) is 0. The normalized spacial score (nSPS) is 9.52. The first-order valence-electron chi connectivity index (χ1n) is 6.18. The fourth-order valence-electron chi connectivity index (χ4n) is 1.53. The third-order valence-electron chi connectivity index (χ3n) is 2.59. The van der Waals surface area contributed by atoms with E-state index in [-0.39, 0.29) is 38.4 Å².